The van der Waals surface area contributed by atoms with Gasteiger partial charge in [-0.3, -0.25) is 9.79 Å². The van der Waals surface area contributed by atoms with Crippen LogP contribution in [0, 0.1) is 0 Å². The summed E-state index contributed by atoms with van der Waals surface area (Å²) in [7, 11) is 0. The topological polar surface area (TPSA) is 77.5 Å². The molecular weight excluding hydrogens is 346 g/mol. The number of hydrogen-bond donors (Lipinski definition) is 3. The molecule has 1 aromatic heterocycles. The lowest BCUT2D eigenvalue weighted by Gasteiger charge is -2.21. The molecule has 2 aliphatic heterocycles. The van der Waals surface area contributed by atoms with Gasteiger partial charge in [-0.1, -0.05) is 32.9 Å². The van der Waals surface area contributed by atoms with Gasteiger partial charge in [0.2, 0.25) is 0 Å². The number of aromatic amines is 1. The van der Waals surface area contributed by atoms with E-state index in [2.05, 4.69) is 36.1 Å². The predicted octanol–water partition coefficient (Wildman–Crippen LogP) is 4.30. The largest absolute Gasteiger partial charge is 0.510 e. The molecule has 4 rings (SSSR count). The van der Waals surface area contributed by atoms with E-state index in [1.807, 2.05) is 35.9 Å². The number of aliphatic hydroxyl groups excluding tert-OH is 1. The van der Waals surface area contributed by atoms with Gasteiger partial charge < -0.3 is 15.4 Å². The van der Waals surface area contributed by atoms with Crippen LogP contribution in [0.2, 0.25) is 0 Å². The van der Waals surface area contributed by atoms with Gasteiger partial charge in [0.25, 0.3) is 5.91 Å². The van der Waals surface area contributed by atoms with Crippen molar-refractivity contribution in [3.63, 3.8) is 0 Å². The van der Waals surface area contributed by atoms with E-state index in [1.54, 1.807) is 0 Å². The molecule has 3 heterocycles. The van der Waals surface area contributed by atoms with E-state index in [4.69, 9.17) is 0 Å². The fourth-order valence-electron chi connectivity index (χ4n) is 3.32. The zero-order valence-corrected chi connectivity index (χ0v) is 15.7. The van der Waals surface area contributed by atoms with Gasteiger partial charge in [-0.15, -0.1) is 11.8 Å². The van der Waals surface area contributed by atoms with Gasteiger partial charge in [0.1, 0.15) is 5.76 Å². The molecule has 0 fully saturated rings. The number of rotatable bonds is 2. The number of anilines is 1. The quantitative estimate of drug-likeness (QED) is 0.741. The molecule has 0 radical (unpaired) electrons. The van der Waals surface area contributed by atoms with Gasteiger partial charge in [-0.2, -0.15) is 0 Å². The monoisotopic (exact) mass is 367 g/mol. The molecule has 0 spiro atoms. The van der Waals surface area contributed by atoms with Crippen LogP contribution in [-0.2, 0) is 10.2 Å². The third-order valence-corrected chi connectivity index (χ3v) is 5.83. The van der Waals surface area contributed by atoms with Crippen molar-refractivity contribution in [1.29, 1.82) is 0 Å². The van der Waals surface area contributed by atoms with Gasteiger partial charge in [-0.05, 0) is 28.5 Å². The molecule has 2 aromatic rings. The Balaban J connectivity index is 1.59. The summed E-state index contributed by atoms with van der Waals surface area (Å²) in [6.07, 6.45) is 5.42. The molecule has 1 aromatic carbocycles. The van der Waals surface area contributed by atoms with E-state index in [9.17, 15) is 9.90 Å². The van der Waals surface area contributed by atoms with E-state index >= 15 is 0 Å². The first-order valence-electron chi connectivity index (χ1n) is 8.56. The van der Waals surface area contributed by atoms with Crippen molar-refractivity contribution in [3.8, 4) is 0 Å². The average molecular weight is 367 g/mol. The minimum Gasteiger partial charge on any atom is -0.510 e. The number of aromatic nitrogens is 1. The molecule has 0 saturated carbocycles. The van der Waals surface area contributed by atoms with Gasteiger partial charge in [0.15, 0.2) is 0 Å². The molecule has 1 amide bonds. The van der Waals surface area contributed by atoms with Crippen molar-refractivity contribution >= 4 is 40.5 Å². The lowest BCUT2D eigenvalue weighted by atomic mass is 9.87. The summed E-state index contributed by atoms with van der Waals surface area (Å²) >= 11 is 1.48. The summed E-state index contributed by atoms with van der Waals surface area (Å²) in [5.41, 5.74) is 3.16. The number of nitrogens with one attached hydrogen (secondary N) is 2. The smallest absolute Gasteiger partial charge is 0.260 e. The van der Waals surface area contributed by atoms with Crippen LogP contribution in [-0.4, -0.2) is 33.5 Å². The second-order valence-corrected chi connectivity index (χ2v) is 8.67. The molecule has 6 heteroatoms. The van der Waals surface area contributed by atoms with Crippen molar-refractivity contribution in [2.75, 3.05) is 5.32 Å². The molecule has 0 bridgehead atoms. The van der Waals surface area contributed by atoms with Crippen molar-refractivity contribution < 1.29 is 9.90 Å². The summed E-state index contributed by atoms with van der Waals surface area (Å²) < 4.78 is 0. The number of hydrogen-bond acceptors (Lipinski definition) is 4. The van der Waals surface area contributed by atoms with Crippen LogP contribution >= 0.6 is 11.8 Å². The molecular formula is C20H21N3O2S. The van der Waals surface area contributed by atoms with Gasteiger partial charge in [0, 0.05) is 29.0 Å². The Morgan fingerprint density at radius 2 is 2.15 bits per heavy atom. The second-order valence-electron chi connectivity index (χ2n) is 7.62. The number of fused-ring (bicyclic) bond motifs is 2. The summed E-state index contributed by atoms with van der Waals surface area (Å²) in [5.74, 6) is -0.257. The number of benzene rings is 1. The fraction of sp³-hybridized carbons (Fsp3) is 0.300. The third-order valence-electron chi connectivity index (χ3n) is 4.72. The number of nitrogens with zero attached hydrogens (tertiary/aromatic N) is 1. The van der Waals surface area contributed by atoms with Gasteiger partial charge >= 0.3 is 0 Å². The lowest BCUT2D eigenvalue weighted by molar-refractivity contribution is -0.112. The van der Waals surface area contributed by atoms with Crippen LogP contribution in [0.5, 0.6) is 0 Å². The van der Waals surface area contributed by atoms with Crippen LogP contribution in [0.1, 0.15) is 26.3 Å². The number of dihydropyridines is 1. The zero-order valence-electron chi connectivity index (χ0n) is 14.9. The van der Waals surface area contributed by atoms with Crippen molar-refractivity contribution in [2.24, 2.45) is 4.99 Å². The minimum atomic E-state index is -0.348. The van der Waals surface area contributed by atoms with Crippen LogP contribution in [0.15, 0.2) is 52.2 Å². The molecule has 0 aliphatic carbocycles. The Labute approximate surface area is 156 Å². The van der Waals surface area contributed by atoms with Crippen LogP contribution < -0.4 is 5.32 Å². The summed E-state index contributed by atoms with van der Waals surface area (Å²) in [5, 5.41) is 16.1. The number of aliphatic imine (C=N–C) groups is 1. The first kappa shape index (κ1) is 17.0. The number of aliphatic hydroxyl groups is 1. The van der Waals surface area contributed by atoms with E-state index in [-0.39, 0.29) is 33.9 Å². The molecule has 3 N–H and O–H groups in total. The number of H-pyrrole nitrogens is 1. The van der Waals surface area contributed by atoms with E-state index in [1.165, 1.54) is 23.5 Å². The normalized spacial score (nSPS) is 22.1. The molecule has 2 aliphatic rings. The molecule has 2 atom stereocenters. The van der Waals surface area contributed by atoms with Crippen molar-refractivity contribution in [3.05, 3.63) is 52.8 Å². The van der Waals surface area contributed by atoms with Crippen LogP contribution in [0.3, 0.4) is 0 Å². The van der Waals surface area contributed by atoms with Gasteiger partial charge in [-0.25, -0.2) is 0 Å². The molecule has 26 heavy (non-hydrogen) atoms. The van der Waals surface area contributed by atoms with Crippen LogP contribution in [0.25, 0.3) is 10.9 Å². The first-order valence-corrected chi connectivity index (χ1v) is 9.50. The number of amides is 1. The molecule has 5 nitrogen and oxygen atoms in total. The number of carbonyl (C=O) groups is 1. The third kappa shape index (κ3) is 2.84. The second kappa shape index (κ2) is 6.06. The Morgan fingerprint density at radius 3 is 2.92 bits per heavy atom. The highest BCUT2D eigenvalue weighted by Crippen LogP contribution is 2.35. The molecule has 134 valence electrons. The Bertz CT molecular complexity index is 979. The Morgan fingerprint density at radius 1 is 1.35 bits per heavy atom. The van der Waals surface area contributed by atoms with Crippen molar-refractivity contribution in [1.82, 2.24) is 4.98 Å². The highest BCUT2D eigenvalue weighted by molar-refractivity contribution is 8.03. The minimum absolute atomic E-state index is 0.0434. The lowest BCUT2D eigenvalue weighted by Crippen LogP contribution is -2.28. The first-order chi connectivity index (χ1) is 12.3. The van der Waals surface area contributed by atoms with Gasteiger partial charge in [0.05, 0.1) is 16.9 Å². The molecule has 0 saturated heterocycles. The van der Waals surface area contributed by atoms with Crippen molar-refractivity contribution in [2.45, 2.75) is 37.5 Å². The Kier molecular flexibility index (Phi) is 3.95. The van der Waals surface area contributed by atoms with E-state index < -0.39 is 0 Å². The molecule has 2 unspecified atom stereocenters. The standard InChI is InChI=1S/C20H21N3O2S/c1-20(2,3)14-10-22-16-8-11(4-5-12(14)16)23-19(25)13-9-21-15-6-7-26-18(15)17(13)24/h4-10,15,18,22,24H,1-3H3,(H,23,25). The number of thioether (sulfide) groups is 1. The van der Waals surface area contributed by atoms with E-state index in [0.29, 0.717) is 5.69 Å². The summed E-state index contributed by atoms with van der Waals surface area (Å²) in [6, 6.07) is 5.73. The fourth-order valence-corrected chi connectivity index (χ4v) is 4.32. The number of carbonyl (C=O) groups excluding carboxylic acids is 1. The Hall–Kier alpha value is -2.47. The maximum absolute atomic E-state index is 12.6. The SMILES string of the molecule is CC(C)(C)c1c[nH]c2cc(NC(=O)C3=C(O)C4SC=CC4N=C3)ccc12. The zero-order chi connectivity index (χ0) is 18.5. The highest BCUT2D eigenvalue weighted by Gasteiger charge is 2.33. The summed E-state index contributed by atoms with van der Waals surface area (Å²) in [6.45, 7) is 6.52. The maximum atomic E-state index is 12.6. The highest BCUT2D eigenvalue weighted by atomic mass is 32.2. The van der Waals surface area contributed by atoms with Crippen LogP contribution in [0.4, 0.5) is 5.69 Å². The summed E-state index contributed by atoms with van der Waals surface area (Å²) in [4.78, 5) is 20.2. The van der Waals surface area contributed by atoms with E-state index in [0.717, 1.165) is 10.9 Å². The average Bonchev–Trinajstić information content (AvgIpc) is 3.20. The predicted molar refractivity (Wildman–Crippen MR) is 108 cm³/mol. The maximum Gasteiger partial charge on any atom is 0.260 e.